The third-order valence-electron chi connectivity index (χ3n) is 2.62. The van der Waals surface area contributed by atoms with Gasteiger partial charge in [-0.05, 0) is 18.2 Å². The zero-order valence-corrected chi connectivity index (χ0v) is 11.3. The number of hydrogen-bond donors (Lipinski definition) is 1. The Hall–Kier alpha value is -1.39. The van der Waals surface area contributed by atoms with Crippen LogP contribution in [-0.2, 0) is 18.0 Å². The lowest BCUT2D eigenvalue weighted by molar-refractivity contribution is 0.105. The van der Waals surface area contributed by atoms with Crippen molar-refractivity contribution in [1.29, 1.82) is 0 Å². The van der Waals surface area contributed by atoms with Gasteiger partial charge in [-0.1, -0.05) is 40.2 Å². The smallest absolute Gasteiger partial charge is 0.128 e. The van der Waals surface area contributed by atoms with Gasteiger partial charge in [0, 0.05) is 21.3 Å². The predicted octanol–water partition coefficient (Wildman–Crippen LogP) is 3.89. The molecule has 0 aliphatic carbocycles. The molecule has 2 rings (SSSR count). The normalized spacial score (nSPS) is 10.6. The van der Waals surface area contributed by atoms with Gasteiger partial charge in [0.05, 0.1) is 13.2 Å². The molecule has 4 heteroatoms. The number of halogens is 2. The van der Waals surface area contributed by atoms with E-state index in [2.05, 4.69) is 15.9 Å². The van der Waals surface area contributed by atoms with E-state index in [1.165, 1.54) is 6.07 Å². The Bertz CT molecular complexity index is 525. The number of hydrogen-bond acceptors (Lipinski definition) is 2. The van der Waals surface area contributed by atoms with E-state index in [9.17, 15) is 4.39 Å². The minimum absolute atomic E-state index is 0.230. The molecule has 0 aliphatic rings. The topological polar surface area (TPSA) is 35.2 Å². The zero-order chi connectivity index (χ0) is 13.0. The first-order chi connectivity index (χ1) is 8.68. The first-order valence-electron chi connectivity index (χ1n) is 5.52. The maximum absolute atomic E-state index is 13.4. The van der Waals surface area contributed by atoms with Crippen LogP contribution in [0.25, 0.3) is 0 Å². The van der Waals surface area contributed by atoms with Crippen LogP contribution in [0.3, 0.4) is 0 Å². The highest BCUT2D eigenvalue weighted by molar-refractivity contribution is 9.10. The van der Waals surface area contributed by atoms with Gasteiger partial charge in [-0.3, -0.25) is 0 Å². The number of anilines is 1. The first-order valence-corrected chi connectivity index (χ1v) is 6.32. The van der Waals surface area contributed by atoms with Crippen molar-refractivity contribution >= 4 is 21.6 Å². The van der Waals surface area contributed by atoms with E-state index < -0.39 is 0 Å². The van der Waals surface area contributed by atoms with Gasteiger partial charge in [0.15, 0.2) is 0 Å². The molecule has 0 fully saturated rings. The molecule has 0 amide bonds. The van der Waals surface area contributed by atoms with E-state index in [-0.39, 0.29) is 12.4 Å². The summed E-state index contributed by atoms with van der Waals surface area (Å²) < 4.78 is 19.8. The molecule has 0 saturated carbocycles. The SMILES string of the molecule is Nc1cccc(Br)c1COCc1ccccc1F. The summed E-state index contributed by atoms with van der Waals surface area (Å²) in [4.78, 5) is 0. The lowest BCUT2D eigenvalue weighted by Gasteiger charge is -2.09. The number of ether oxygens (including phenoxy) is 1. The van der Waals surface area contributed by atoms with Crippen LogP contribution in [0.2, 0.25) is 0 Å². The second-order valence-electron chi connectivity index (χ2n) is 3.89. The van der Waals surface area contributed by atoms with Crippen molar-refractivity contribution in [2.45, 2.75) is 13.2 Å². The third-order valence-corrected chi connectivity index (χ3v) is 3.36. The molecule has 2 aromatic carbocycles. The quantitative estimate of drug-likeness (QED) is 0.870. The highest BCUT2D eigenvalue weighted by atomic mass is 79.9. The molecule has 0 radical (unpaired) electrons. The lowest BCUT2D eigenvalue weighted by atomic mass is 10.2. The molecule has 0 atom stereocenters. The van der Waals surface area contributed by atoms with E-state index >= 15 is 0 Å². The summed E-state index contributed by atoms with van der Waals surface area (Å²) in [6, 6.07) is 12.1. The van der Waals surface area contributed by atoms with Crippen molar-refractivity contribution in [3.05, 3.63) is 63.9 Å². The fourth-order valence-corrected chi connectivity index (χ4v) is 2.10. The molecular formula is C14H13BrFNO. The van der Waals surface area contributed by atoms with E-state index in [1.807, 2.05) is 18.2 Å². The van der Waals surface area contributed by atoms with Crippen molar-refractivity contribution < 1.29 is 9.13 Å². The van der Waals surface area contributed by atoms with Crippen molar-refractivity contribution in [3.63, 3.8) is 0 Å². The highest BCUT2D eigenvalue weighted by Crippen LogP contribution is 2.23. The van der Waals surface area contributed by atoms with Crippen LogP contribution < -0.4 is 5.73 Å². The van der Waals surface area contributed by atoms with Crippen molar-refractivity contribution in [3.8, 4) is 0 Å². The molecule has 0 saturated heterocycles. The Labute approximate surface area is 114 Å². The third kappa shape index (κ3) is 3.09. The van der Waals surface area contributed by atoms with E-state index in [0.717, 1.165) is 10.0 Å². The highest BCUT2D eigenvalue weighted by Gasteiger charge is 2.05. The van der Waals surface area contributed by atoms with Crippen LogP contribution in [0.4, 0.5) is 10.1 Å². The number of rotatable bonds is 4. The average molecular weight is 310 g/mol. The van der Waals surface area contributed by atoms with Gasteiger partial charge in [-0.25, -0.2) is 4.39 Å². The van der Waals surface area contributed by atoms with Gasteiger partial charge in [0.1, 0.15) is 5.82 Å². The fraction of sp³-hybridized carbons (Fsp3) is 0.143. The molecule has 0 bridgehead atoms. The zero-order valence-electron chi connectivity index (χ0n) is 9.70. The van der Waals surface area contributed by atoms with Gasteiger partial charge in [0.2, 0.25) is 0 Å². The summed E-state index contributed by atoms with van der Waals surface area (Å²) in [5, 5.41) is 0. The molecule has 2 nitrogen and oxygen atoms in total. The maximum atomic E-state index is 13.4. The molecule has 94 valence electrons. The molecular weight excluding hydrogens is 297 g/mol. The summed E-state index contributed by atoms with van der Waals surface area (Å²) in [7, 11) is 0. The van der Waals surface area contributed by atoms with Crippen LogP contribution in [0.5, 0.6) is 0 Å². The Morgan fingerprint density at radius 1 is 1.06 bits per heavy atom. The standard InChI is InChI=1S/C14H13BrFNO/c15-12-5-3-7-14(17)11(12)9-18-8-10-4-1-2-6-13(10)16/h1-7H,8-9,17H2. The Morgan fingerprint density at radius 2 is 1.83 bits per heavy atom. The maximum Gasteiger partial charge on any atom is 0.128 e. The van der Waals surface area contributed by atoms with Gasteiger partial charge in [0.25, 0.3) is 0 Å². The second-order valence-corrected chi connectivity index (χ2v) is 4.75. The molecule has 2 N–H and O–H groups in total. The summed E-state index contributed by atoms with van der Waals surface area (Å²) in [5.41, 5.74) is 7.94. The van der Waals surface area contributed by atoms with E-state index in [4.69, 9.17) is 10.5 Å². The molecule has 0 spiro atoms. The largest absolute Gasteiger partial charge is 0.398 e. The summed E-state index contributed by atoms with van der Waals surface area (Å²) >= 11 is 3.41. The molecule has 0 aliphatic heterocycles. The van der Waals surface area contributed by atoms with Crippen molar-refractivity contribution in [2.75, 3.05) is 5.73 Å². The Balaban J connectivity index is 1.99. The molecule has 0 unspecified atom stereocenters. The van der Waals surface area contributed by atoms with Crippen LogP contribution in [0, 0.1) is 5.82 Å². The predicted molar refractivity (Wildman–Crippen MR) is 73.4 cm³/mol. The summed E-state index contributed by atoms with van der Waals surface area (Å²) in [5.74, 6) is -0.252. The van der Waals surface area contributed by atoms with Crippen LogP contribution in [0.1, 0.15) is 11.1 Å². The molecule has 2 aromatic rings. The fourth-order valence-electron chi connectivity index (χ4n) is 1.61. The minimum atomic E-state index is -0.252. The Morgan fingerprint density at radius 3 is 2.56 bits per heavy atom. The minimum Gasteiger partial charge on any atom is -0.398 e. The first kappa shape index (κ1) is 13.1. The number of benzene rings is 2. The van der Waals surface area contributed by atoms with E-state index in [0.29, 0.717) is 17.9 Å². The summed E-state index contributed by atoms with van der Waals surface area (Å²) in [6.07, 6.45) is 0. The molecule has 0 aromatic heterocycles. The average Bonchev–Trinajstić information content (AvgIpc) is 2.35. The second kappa shape index (κ2) is 5.98. The Kier molecular flexibility index (Phi) is 4.33. The molecule has 18 heavy (non-hydrogen) atoms. The number of nitrogen functional groups attached to an aromatic ring is 1. The van der Waals surface area contributed by atoms with Gasteiger partial charge in [-0.15, -0.1) is 0 Å². The van der Waals surface area contributed by atoms with E-state index in [1.54, 1.807) is 18.2 Å². The summed E-state index contributed by atoms with van der Waals surface area (Å²) in [6.45, 7) is 0.578. The van der Waals surface area contributed by atoms with Gasteiger partial charge >= 0.3 is 0 Å². The molecule has 0 heterocycles. The van der Waals surface area contributed by atoms with Crippen LogP contribution in [0.15, 0.2) is 46.9 Å². The van der Waals surface area contributed by atoms with Crippen LogP contribution >= 0.6 is 15.9 Å². The number of nitrogens with two attached hydrogens (primary N) is 1. The monoisotopic (exact) mass is 309 g/mol. The lowest BCUT2D eigenvalue weighted by Crippen LogP contribution is -2.00. The van der Waals surface area contributed by atoms with Gasteiger partial charge in [-0.2, -0.15) is 0 Å². The van der Waals surface area contributed by atoms with Gasteiger partial charge < -0.3 is 10.5 Å². The van der Waals surface area contributed by atoms with Crippen molar-refractivity contribution in [1.82, 2.24) is 0 Å². The van der Waals surface area contributed by atoms with Crippen LogP contribution in [-0.4, -0.2) is 0 Å². The van der Waals surface area contributed by atoms with Crippen molar-refractivity contribution in [2.24, 2.45) is 0 Å².